The van der Waals surface area contributed by atoms with Crippen LogP contribution in [0.25, 0.3) is 6.08 Å². The Morgan fingerprint density at radius 3 is 2.84 bits per heavy atom. The number of rotatable bonds is 5. The zero-order valence-electron chi connectivity index (χ0n) is 10.4. The Balaban J connectivity index is 2.02. The van der Waals surface area contributed by atoms with Crippen LogP contribution >= 0.6 is 23.1 Å². The normalized spacial score (nSPS) is 17.5. The molecule has 1 aliphatic heterocycles. The first-order valence-corrected chi connectivity index (χ1v) is 7.56. The van der Waals surface area contributed by atoms with Crippen LogP contribution in [0.5, 0.6) is 0 Å². The van der Waals surface area contributed by atoms with Crippen LogP contribution in [0.4, 0.5) is 4.79 Å². The predicted molar refractivity (Wildman–Crippen MR) is 76.9 cm³/mol. The third-order valence-corrected chi connectivity index (χ3v) is 4.33. The lowest BCUT2D eigenvalue weighted by atomic mass is 10.2. The molecular weight excluding hydrogens is 282 g/mol. The molecule has 2 heterocycles. The second-order valence-corrected chi connectivity index (χ2v) is 6.13. The molecule has 0 aliphatic carbocycles. The van der Waals surface area contributed by atoms with E-state index < -0.39 is 0 Å². The molecule has 2 rings (SSSR count). The summed E-state index contributed by atoms with van der Waals surface area (Å²) in [5, 5.41) is 1.67. The minimum atomic E-state index is -0.257. The summed E-state index contributed by atoms with van der Waals surface area (Å²) in [4.78, 5) is 37.3. The first-order chi connectivity index (χ1) is 9.08. The molecule has 1 fully saturated rings. The molecule has 0 unspecified atom stereocenters. The van der Waals surface area contributed by atoms with Gasteiger partial charge >= 0.3 is 0 Å². The number of Topliss-reactive ketones (excluding diaryl/α,β-unsaturated/α-hetero) is 1. The molecule has 0 spiro atoms. The molecule has 1 aromatic heterocycles. The fourth-order valence-corrected chi connectivity index (χ4v) is 3.27. The standard InChI is InChI=1S/C13H13NO3S2/c1-9(15)4-2-6-14-12(16)11(19-13(14)17)8-10-5-3-7-18-10/h3,5,7-8H,2,4,6H2,1H3/b11-8-. The van der Waals surface area contributed by atoms with Gasteiger partial charge in [-0.2, -0.15) is 0 Å². The average Bonchev–Trinajstić information content (AvgIpc) is 2.93. The molecule has 4 nitrogen and oxygen atoms in total. The number of thioether (sulfide) groups is 1. The van der Waals surface area contributed by atoms with E-state index in [1.54, 1.807) is 6.08 Å². The lowest BCUT2D eigenvalue weighted by molar-refractivity contribution is -0.123. The Hall–Kier alpha value is -1.40. The van der Waals surface area contributed by atoms with Crippen molar-refractivity contribution in [2.75, 3.05) is 6.54 Å². The Kier molecular flexibility index (Phi) is 4.55. The van der Waals surface area contributed by atoms with Gasteiger partial charge in [0.25, 0.3) is 11.1 Å². The van der Waals surface area contributed by atoms with Gasteiger partial charge in [0.1, 0.15) is 5.78 Å². The van der Waals surface area contributed by atoms with Crippen molar-refractivity contribution < 1.29 is 14.4 Å². The van der Waals surface area contributed by atoms with Gasteiger partial charge in [0.2, 0.25) is 0 Å². The second-order valence-electron chi connectivity index (χ2n) is 4.15. The minimum Gasteiger partial charge on any atom is -0.300 e. The number of amides is 2. The summed E-state index contributed by atoms with van der Waals surface area (Å²) in [7, 11) is 0. The van der Waals surface area contributed by atoms with Gasteiger partial charge < -0.3 is 4.79 Å². The van der Waals surface area contributed by atoms with Gasteiger partial charge in [-0.05, 0) is 42.6 Å². The highest BCUT2D eigenvalue weighted by Gasteiger charge is 2.34. The summed E-state index contributed by atoms with van der Waals surface area (Å²) in [5.41, 5.74) is 0. The number of thiophene rings is 1. The van der Waals surface area contributed by atoms with E-state index in [-0.39, 0.29) is 16.9 Å². The van der Waals surface area contributed by atoms with Crippen LogP contribution in [0.1, 0.15) is 24.6 Å². The van der Waals surface area contributed by atoms with E-state index in [9.17, 15) is 14.4 Å². The highest BCUT2D eigenvalue weighted by atomic mass is 32.2. The summed E-state index contributed by atoms with van der Waals surface area (Å²) in [6.07, 6.45) is 2.66. The smallest absolute Gasteiger partial charge is 0.293 e. The summed E-state index contributed by atoms with van der Waals surface area (Å²) in [6.45, 7) is 1.82. The molecule has 19 heavy (non-hydrogen) atoms. The van der Waals surface area contributed by atoms with Crippen molar-refractivity contribution in [3.63, 3.8) is 0 Å². The molecule has 0 N–H and O–H groups in total. The number of imide groups is 1. The maximum atomic E-state index is 12.1. The van der Waals surface area contributed by atoms with Gasteiger partial charge in [-0.3, -0.25) is 14.5 Å². The van der Waals surface area contributed by atoms with Crippen LogP contribution in [-0.2, 0) is 9.59 Å². The lowest BCUT2D eigenvalue weighted by Gasteiger charge is -2.10. The summed E-state index contributed by atoms with van der Waals surface area (Å²) >= 11 is 2.48. The van der Waals surface area contributed by atoms with Crippen LogP contribution < -0.4 is 0 Å². The zero-order chi connectivity index (χ0) is 13.8. The summed E-state index contributed by atoms with van der Waals surface area (Å²) < 4.78 is 0. The Labute approximate surface area is 119 Å². The molecule has 1 saturated heterocycles. The molecule has 2 amide bonds. The molecule has 1 aliphatic rings. The fraction of sp³-hybridized carbons (Fsp3) is 0.308. The number of nitrogens with zero attached hydrogens (tertiary/aromatic N) is 1. The predicted octanol–water partition coefficient (Wildman–Crippen LogP) is 3.15. The average molecular weight is 295 g/mol. The van der Waals surface area contributed by atoms with Gasteiger partial charge in [-0.25, -0.2) is 0 Å². The molecule has 0 aromatic carbocycles. The third kappa shape index (κ3) is 3.54. The van der Waals surface area contributed by atoms with Crippen LogP contribution in [0, 0.1) is 0 Å². The van der Waals surface area contributed by atoms with E-state index in [0.29, 0.717) is 24.3 Å². The number of ketones is 1. The van der Waals surface area contributed by atoms with Crippen molar-refractivity contribution in [2.45, 2.75) is 19.8 Å². The van der Waals surface area contributed by atoms with Crippen molar-refractivity contribution in [3.8, 4) is 0 Å². The zero-order valence-corrected chi connectivity index (χ0v) is 12.1. The van der Waals surface area contributed by atoms with Gasteiger partial charge in [0.05, 0.1) is 4.91 Å². The molecule has 1 aromatic rings. The molecule has 0 bridgehead atoms. The minimum absolute atomic E-state index is 0.0705. The van der Waals surface area contributed by atoms with Crippen molar-refractivity contribution in [1.82, 2.24) is 4.90 Å². The van der Waals surface area contributed by atoms with Crippen LogP contribution in [0.2, 0.25) is 0 Å². The van der Waals surface area contributed by atoms with E-state index in [1.807, 2.05) is 17.5 Å². The van der Waals surface area contributed by atoms with E-state index in [2.05, 4.69) is 0 Å². The highest BCUT2D eigenvalue weighted by molar-refractivity contribution is 8.18. The number of hydrogen-bond donors (Lipinski definition) is 0. The van der Waals surface area contributed by atoms with E-state index in [0.717, 1.165) is 16.6 Å². The van der Waals surface area contributed by atoms with E-state index in [1.165, 1.54) is 23.2 Å². The number of carbonyl (C=O) groups excluding carboxylic acids is 3. The first-order valence-electron chi connectivity index (χ1n) is 5.86. The Morgan fingerprint density at radius 2 is 2.21 bits per heavy atom. The molecule has 0 radical (unpaired) electrons. The largest absolute Gasteiger partial charge is 0.300 e. The number of hydrogen-bond acceptors (Lipinski definition) is 5. The molecule has 0 saturated carbocycles. The van der Waals surface area contributed by atoms with E-state index >= 15 is 0 Å². The van der Waals surface area contributed by atoms with Crippen LogP contribution in [-0.4, -0.2) is 28.4 Å². The van der Waals surface area contributed by atoms with Gasteiger partial charge in [0.15, 0.2) is 0 Å². The summed E-state index contributed by atoms with van der Waals surface area (Å²) in [5.74, 6) is -0.187. The lowest BCUT2D eigenvalue weighted by Crippen LogP contribution is -2.29. The first kappa shape index (κ1) is 14.0. The summed E-state index contributed by atoms with van der Waals surface area (Å²) in [6, 6.07) is 3.79. The highest BCUT2D eigenvalue weighted by Crippen LogP contribution is 2.33. The Morgan fingerprint density at radius 1 is 1.42 bits per heavy atom. The quantitative estimate of drug-likeness (QED) is 0.783. The van der Waals surface area contributed by atoms with Gasteiger partial charge in [-0.15, -0.1) is 11.3 Å². The third-order valence-electron chi connectivity index (χ3n) is 2.60. The molecule has 100 valence electrons. The fourth-order valence-electron chi connectivity index (χ4n) is 1.68. The number of carbonyl (C=O) groups is 3. The maximum absolute atomic E-state index is 12.1. The van der Waals surface area contributed by atoms with Crippen LogP contribution in [0.3, 0.4) is 0 Å². The van der Waals surface area contributed by atoms with E-state index in [4.69, 9.17) is 0 Å². The molecular formula is C13H13NO3S2. The molecule has 0 atom stereocenters. The van der Waals surface area contributed by atoms with Crippen molar-refractivity contribution in [3.05, 3.63) is 27.3 Å². The van der Waals surface area contributed by atoms with Gasteiger partial charge in [0, 0.05) is 17.8 Å². The van der Waals surface area contributed by atoms with Gasteiger partial charge in [-0.1, -0.05) is 6.07 Å². The monoisotopic (exact) mass is 295 g/mol. The van der Waals surface area contributed by atoms with Crippen molar-refractivity contribution in [2.24, 2.45) is 0 Å². The maximum Gasteiger partial charge on any atom is 0.293 e. The second kappa shape index (κ2) is 6.16. The SMILES string of the molecule is CC(=O)CCCN1C(=O)S/C(=C\c2cccs2)C1=O. The van der Waals surface area contributed by atoms with Crippen molar-refractivity contribution >= 4 is 46.1 Å². The van der Waals surface area contributed by atoms with Crippen molar-refractivity contribution in [1.29, 1.82) is 0 Å². The molecule has 6 heteroatoms. The Bertz CT molecular complexity index is 534. The van der Waals surface area contributed by atoms with Crippen LogP contribution in [0.15, 0.2) is 22.4 Å². The topological polar surface area (TPSA) is 54.5 Å².